The summed E-state index contributed by atoms with van der Waals surface area (Å²) in [4.78, 5) is 0. The molecule has 0 unspecified atom stereocenters. The number of hydrogen-bond donors (Lipinski definition) is 1. The molecule has 0 aliphatic heterocycles. The van der Waals surface area contributed by atoms with Crippen molar-refractivity contribution in [1.82, 2.24) is 0 Å². The zero-order valence-electron chi connectivity index (χ0n) is 9.53. The Hall–Kier alpha value is -1.96. The number of hydrogen-bond acceptors (Lipinski definition) is 2. The van der Waals surface area contributed by atoms with Crippen molar-refractivity contribution in [3.05, 3.63) is 48.0 Å². The first kappa shape index (κ1) is 10.6. The van der Waals surface area contributed by atoms with E-state index in [4.69, 9.17) is 10.5 Å². The molecule has 2 N–H and O–H groups in total. The lowest BCUT2D eigenvalue weighted by molar-refractivity contribution is 0.415. The average Bonchev–Trinajstić information content (AvgIpc) is 2.31. The van der Waals surface area contributed by atoms with E-state index in [-0.39, 0.29) is 0 Å². The van der Waals surface area contributed by atoms with Gasteiger partial charge in [0.05, 0.1) is 7.11 Å². The van der Waals surface area contributed by atoms with Crippen LogP contribution in [-0.2, 0) is 0 Å². The Morgan fingerprint density at radius 3 is 2.31 bits per heavy atom. The Bertz CT molecular complexity index is 489. The van der Waals surface area contributed by atoms with E-state index in [1.54, 1.807) is 7.11 Å². The van der Waals surface area contributed by atoms with Crippen LogP contribution in [-0.4, -0.2) is 7.11 Å². The maximum absolute atomic E-state index is 5.96. The lowest BCUT2D eigenvalue weighted by Crippen LogP contribution is -1.91. The number of aryl methyl sites for hydroxylation is 1. The number of nitrogen functional groups attached to an aromatic ring is 1. The highest BCUT2D eigenvalue weighted by Crippen LogP contribution is 2.29. The average molecular weight is 213 g/mol. The molecule has 0 fully saturated rings. The minimum atomic E-state index is 0.768. The highest BCUT2D eigenvalue weighted by molar-refractivity contribution is 5.77. The molecule has 2 rings (SSSR count). The number of ether oxygens (including phenoxy) is 1. The van der Waals surface area contributed by atoms with Crippen LogP contribution in [0.3, 0.4) is 0 Å². The molecular weight excluding hydrogens is 198 g/mol. The van der Waals surface area contributed by atoms with Gasteiger partial charge in [0.1, 0.15) is 5.75 Å². The monoisotopic (exact) mass is 213 g/mol. The van der Waals surface area contributed by atoms with Crippen LogP contribution in [0.5, 0.6) is 5.75 Å². The summed E-state index contributed by atoms with van der Waals surface area (Å²) >= 11 is 0. The Kier molecular flexibility index (Phi) is 2.82. The Balaban J connectivity index is 2.50. The minimum Gasteiger partial charge on any atom is -0.497 e. The smallest absolute Gasteiger partial charge is 0.119 e. The molecular formula is C14H15NO. The third-order valence-electron chi connectivity index (χ3n) is 2.62. The third-order valence-corrected chi connectivity index (χ3v) is 2.62. The van der Waals surface area contributed by atoms with Gasteiger partial charge in [-0.15, -0.1) is 0 Å². The van der Waals surface area contributed by atoms with Crippen LogP contribution >= 0.6 is 0 Å². The van der Waals surface area contributed by atoms with E-state index < -0.39 is 0 Å². The van der Waals surface area contributed by atoms with Crippen LogP contribution in [0, 0.1) is 6.92 Å². The Morgan fingerprint density at radius 2 is 1.69 bits per heavy atom. The summed E-state index contributed by atoms with van der Waals surface area (Å²) in [5.41, 5.74) is 10.1. The van der Waals surface area contributed by atoms with Gasteiger partial charge >= 0.3 is 0 Å². The SMILES string of the molecule is COc1ccc(N)c(-c2ccc(C)cc2)c1. The predicted octanol–water partition coefficient (Wildman–Crippen LogP) is 3.25. The molecule has 0 aliphatic carbocycles. The minimum absolute atomic E-state index is 0.768. The quantitative estimate of drug-likeness (QED) is 0.777. The fourth-order valence-corrected chi connectivity index (χ4v) is 1.65. The zero-order valence-corrected chi connectivity index (χ0v) is 9.53. The molecule has 0 atom stereocenters. The molecule has 0 amide bonds. The molecule has 0 aliphatic rings. The number of anilines is 1. The molecule has 0 saturated carbocycles. The molecule has 0 aromatic heterocycles. The van der Waals surface area contributed by atoms with E-state index in [0.29, 0.717) is 0 Å². The number of benzene rings is 2. The van der Waals surface area contributed by atoms with Crippen molar-refractivity contribution in [1.29, 1.82) is 0 Å². The molecule has 2 aromatic rings. The molecule has 2 heteroatoms. The molecule has 82 valence electrons. The van der Waals surface area contributed by atoms with Gasteiger partial charge in [-0.25, -0.2) is 0 Å². The van der Waals surface area contributed by atoms with Crippen molar-refractivity contribution >= 4 is 5.69 Å². The Morgan fingerprint density at radius 1 is 1.00 bits per heavy atom. The molecule has 0 saturated heterocycles. The summed E-state index contributed by atoms with van der Waals surface area (Å²) in [5.74, 6) is 0.824. The van der Waals surface area contributed by atoms with Gasteiger partial charge in [0.25, 0.3) is 0 Å². The standard InChI is InChI=1S/C14H15NO/c1-10-3-5-11(6-4-10)13-9-12(16-2)7-8-14(13)15/h3-9H,15H2,1-2H3. The second kappa shape index (κ2) is 4.27. The first-order chi connectivity index (χ1) is 7.70. The van der Waals surface area contributed by atoms with Crippen LogP contribution in [0.4, 0.5) is 5.69 Å². The molecule has 2 nitrogen and oxygen atoms in total. The van der Waals surface area contributed by atoms with Gasteiger partial charge in [-0.05, 0) is 30.7 Å². The van der Waals surface area contributed by atoms with Crippen molar-refractivity contribution in [2.24, 2.45) is 0 Å². The fraction of sp³-hybridized carbons (Fsp3) is 0.143. The van der Waals surface area contributed by atoms with E-state index in [0.717, 1.165) is 22.6 Å². The normalized spacial score (nSPS) is 10.1. The lowest BCUT2D eigenvalue weighted by Gasteiger charge is -2.08. The number of methoxy groups -OCH3 is 1. The third kappa shape index (κ3) is 2.01. The van der Waals surface area contributed by atoms with Gasteiger partial charge in [0.2, 0.25) is 0 Å². The van der Waals surface area contributed by atoms with Gasteiger partial charge in [0, 0.05) is 11.3 Å². The number of rotatable bonds is 2. The van der Waals surface area contributed by atoms with E-state index in [1.165, 1.54) is 5.56 Å². The van der Waals surface area contributed by atoms with Gasteiger partial charge in [-0.2, -0.15) is 0 Å². The van der Waals surface area contributed by atoms with Gasteiger partial charge < -0.3 is 10.5 Å². The van der Waals surface area contributed by atoms with Gasteiger partial charge in [-0.3, -0.25) is 0 Å². The molecule has 0 spiro atoms. The second-order valence-electron chi connectivity index (χ2n) is 3.82. The summed E-state index contributed by atoms with van der Waals surface area (Å²) in [6.45, 7) is 2.07. The topological polar surface area (TPSA) is 35.2 Å². The number of nitrogens with two attached hydrogens (primary N) is 1. The van der Waals surface area contributed by atoms with Crippen molar-refractivity contribution in [3.63, 3.8) is 0 Å². The van der Waals surface area contributed by atoms with E-state index >= 15 is 0 Å². The molecule has 2 aromatic carbocycles. The summed E-state index contributed by atoms with van der Waals surface area (Å²) in [7, 11) is 1.66. The van der Waals surface area contributed by atoms with Crippen LogP contribution < -0.4 is 10.5 Å². The van der Waals surface area contributed by atoms with Crippen LogP contribution in [0.25, 0.3) is 11.1 Å². The zero-order chi connectivity index (χ0) is 11.5. The summed E-state index contributed by atoms with van der Waals surface area (Å²) in [5, 5.41) is 0. The van der Waals surface area contributed by atoms with Crippen molar-refractivity contribution in [2.45, 2.75) is 6.92 Å². The van der Waals surface area contributed by atoms with E-state index in [9.17, 15) is 0 Å². The highest BCUT2D eigenvalue weighted by Gasteiger charge is 2.03. The largest absolute Gasteiger partial charge is 0.497 e. The van der Waals surface area contributed by atoms with E-state index in [1.807, 2.05) is 18.2 Å². The maximum Gasteiger partial charge on any atom is 0.119 e. The highest BCUT2D eigenvalue weighted by atomic mass is 16.5. The van der Waals surface area contributed by atoms with Crippen molar-refractivity contribution in [3.8, 4) is 16.9 Å². The lowest BCUT2D eigenvalue weighted by atomic mass is 10.0. The van der Waals surface area contributed by atoms with Crippen molar-refractivity contribution in [2.75, 3.05) is 12.8 Å². The molecule has 0 bridgehead atoms. The van der Waals surface area contributed by atoms with E-state index in [2.05, 4.69) is 31.2 Å². The van der Waals surface area contributed by atoms with Crippen LogP contribution in [0.1, 0.15) is 5.56 Å². The summed E-state index contributed by atoms with van der Waals surface area (Å²) in [6.07, 6.45) is 0. The fourth-order valence-electron chi connectivity index (χ4n) is 1.65. The molecule has 0 radical (unpaired) electrons. The Labute approximate surface area is 95.7 Å². The van der Waals surface area contributed by atoms with Crippen molar-refractivity contribution < 1.29 is 4.74 Å². The second-order valence-corrected chi connectivity index (χ2v) is 3.82. The first-order valence-electron chi connectivity index (χ1n) is 5.21. The molecule has 16 heavy (non-hydrogen) atoms. The van der Waals surface area contributed by atoms with Crippen LogP contribution in [0.2, 0.25) is 0 Å². The van der Waals surface area contributed by atoms with Crippen LogP contribution in [0.15, 0.2) is 42.5 Å². The molecule has 0 heterocycles. The van der Waals surface area contributed by atoms with Gasteiger partial charge in [-0.1, -0.05) is 29.8 Å². The summed E-state index contributed by atoms with van der Waals surface area (Å²) in [6, 6.07) is 14.0. The predicted molar refractivity (Wildman–Crippen MR) is 67.6 cm³/mol. The first-order valence-corrected chi connectivity index (χ1v) is 5.21. The van der Waals surface area contributed by atoms with Gasteiger partial charge in [0.15, 0.2) is 0 Å². The maximum atomic E-state index is 5.96. The summed E-state index contributed by atoms with van der Waals surface area (Å²) < 4.78 is 5.20.